The van der Waals surface area contributed by atoms with Crippen LogP contribution < -0.4 is 0 Å². The summed E-state index contributed by atoms with van der Waals surface area (Å²) in [4.78, 5) is 11.1. The van der Waals surface area contributed by atoms with Crippen LogP contribution in [0.25, 0.3) is 0 Å². The summed E-state index contributed by atoms with van der Waals surface area (Å²) in [5.41, 5.74) is 0.948. The van der Waals surface area contributed by atoms with Gasteiger partial charge in [-0.1, -0.05) is 12.1 Å². The molecule has 5 nitrogen and oxygen atoms in total. The van der Waals surface area contributed by atoms with Crippen LogP contribution in [0.1, 0.15) is 24.5 Å². The van der Waals surface area contributed by atoms with Crippen LogP contribution in [0.3, 0.4) is 0 Å². The van der Waals surface area contributed by atoms with Crippen molar-refractivity contribution in [1.29, 1.82) is 5.26 Å². The second kappa shape index (κ2) is 6.34. The molecule has 0 aliphatic carbocycles. The van der Waals surface area contributed by atoms with Crippen molar-refractivity contribution in [2.24, 2.45) is 0 Å². The van der Waals surface area contributed by atoms with Crippen molar-refractivity contribution in [2.75, 3.05) is 7.11 Å². The molecule has 0 bridgehead atoms. The van der Waals surface area contributed by atoms with E-state index in [1.165, 1.54) is 20.1 Å². The van der Waals surface area contributed by atoms with Gasteiger partial charge >= 0.3 is 5.97 Å². The third kappa shape index (κ3) is 4.38. The van der Waals surface area contributed by atoms with Gasteiger partial charge in [-0.05, 0) is 24.6 Å². The lowest BCUT2D eigenvalue weighted by Gasteiger charge is -2.11. The molecule has 0 heterocycles. The van der Waals surface area contributed by atoms with Gasteiger partial charge in [-0.2, -0.15) is 5.26 Å². The highest BCUT2D eigenvalue weighted by Gasteiger charge is 2.24. The van der Waals surface area contributed by atoms with Crippen molar-refractivity contribution in [3.8, 4) is 6.07 Å². The van der Waals surface area contributed by atoms with Crippen LogP contribution in [0.4, 0.5) is 0 Å². The van der Waals surface area contributed by atoms with E-state index in [4.69, 9.17) is 5.26 Å². The van der Waals surface area contributed by atoms with E-state index in [1.807, 2.05) is 6.07 Å². The Morgan fingerprint density at radius 3 is 2.74 bits per heavy atom. The maximum atomic E-state index is 12.1. The molecule has 0 aliphatic rings. The smallest absolute Gasteiger partial charge is 0.306 e. The summed E-state index contributed by atoms with van der Waals surface area (Å²) < 4.78 is 28.6. The van der Waals surface area contributed by atoms with Crippen LogP contribution in [-0.4, -0.2) is 26.7 Å². The molecule has 1 rings (SSSR count). The first-order chi connectivity index (χ1) is 8.89. The number of carbonyl (C=O) groups excluding carboxylic acids is 1. The average molecular weight is 281 g/mol. The minimum absolute atomic E-state index is 0.170. The molecule has 0 spiro atoms. The first kappa shape index (κ1) is 15.2. The molecule has 0 N–H and O–H groups in total. The fourth-order valence-electron chi connectivity index (χ4n) is 1.55. The number of ether oxygens (including phenoxy) is 1. The number of benzene rings is 1. The maximum absolute atomic E-state index is 12.1. The monoisotopic (exact) mass is 281 g/mol. The van der Waals surface area contributed by atoms with E-state index in [-0.39, 0.29) is 12.2 Å². The number of esters is 1. The van der Waals surface area contributed by atoms with E-state index in [9.17, 15) is 13.2 Å². The molecule has 0 radical (unpaired) electrons. The summed E-state index contributed by atoms with van der Waals surface area (Å²) in [7, 11) is -2.23. The summed E-state index contributed by atoms with van der Waals surface area (Å²) in [5.74, 6) is -0.748. The minimum Gasteiger partial charge on any atom is -0.469 e. The van der Waals surface area contributed by atoms with Crippen molar-refractivity contribution in [1.82, 2.24) is 0 Å². The van der Waals surface area contributed by atoms with Gasteiger partial charge in [-0.15, -0.1) is 0 Å². The third-order valence-electron chi connectivity index (χ3n) is 2.72. The van der Waals surface area contributed by atoms with Crippen molar-refractivity contribution in [2.45, 2.75) is 24.3 Å². The third-order valence-corrected chi connectivity index (χ3v) is 4.85. The van der Waals surface area contributed by atoms with Gasteiger partial charge in [0.1, 0.15) is 0 Å². The molecule has 0 amide bonds. The number of sulfone groups is 1. The number of nitriles is 1. The number of nitrogens with zero attached hydrogens (tertiary/aromatic N) is 1. The number of hydrogen-bond donors (Lipinski definition) is 0. The zero-order valence-corrected chi connectivity index (χ0v) is 11.6. The molecular weight excluding hydrogens is 266 g/mol. The summed E-state index contributed by atoms with van der Waals surface area (Å²) in [6.45, 7) is 1.47. The van der Waals surface area contributed by atoms with Crippen LogP contribution in [-0.2, 0) is 25.1 Å². The molecule has 0 aromatic heterocycles. The van der Waals surface area contributed by atoms with E-state index in [0.717, 1.165) is 0 Å². The average Bonchev–Trinajstić information content (AvgIpc) is 2.38. The first-order valence-electron chi connectivity index (χ1n) is 5.66. The molecule has 19 heavy (non-hydrogen) atoms. The Morgan fingerprint density at radius 1 is 1.47 bits per heavy atom. The first-order valence-corrected chi connectivity index (χ1v) is 7.38. The number of methoxy groups -OCH3 is 1. The topological polar surface area (TPSA) is 84.2 Å². The lowest BCUT2D eigenvalue weighted by Crippen LogP contribution is -2.23. The molecule has 0 aliphatic heterocycles. The van der Waals surface area contributed by atoms with Gasteiger partial charge in [-0.3, -0.25) is 4.79 Å². The second-order valence-electron chi connectivity index (χ2n) is 4.21. The second-order valence-corrected chi connectivity index (χ2v) is 6.63. The van der Waals surface area contributed by atoms with Crippen molar-refractivity contribution < 1.29 is 17.9 Å². The fraction of sp³-hybridized carbons (Fsp3) is 0.385. The Hall–Kier alpha value is -1.87. The molecule has 0 saturated heterocycles. The van der Waals surface area contributed by atoms with Gasteiger partial charge in [0, 0.05) is 0 Å². The molecule has 1 unspecified atom stereocenters. The molecule has 102 valence electrons. The van der Waals surface area contributed by atoms with Crippen molar-refractivity contribution in [3.05, 3.63) is 35.4 Å². The van der Waals surface area contributed by atoms with Gasteiger partial charge in [0.25, 0.3) is 0 Å². The van der Waals surface area contributed by atoms with E-state index in [0.29, 0.717) is 11.1 Å². The fourth-order valence-corrected chi connectivity index (χ4v) is 2.87. The zero-order valence-electron chi connectivity index (χ0n) is 10.8. The maximum Gasteiger partial charge on any atom is 0.306 e. The normalized spacial score (nSPS) is 12.5. The molecule has 0 fully saturated rings. The summed E-state index contributed by atoms with van der Waals surface area (Å²) in [6, 6.07) is 8.37. The summed E-state index contributed by atoms with van der Waals surface area (Å²) in [5, 5.41) is 7.95. The number of hydrogen-bond acceptors (Lipinski definition) is 5. The lowest BCUT2D eigenvalue weighted by molar-refractivity contribution is -0.140. The van der Waals surface area contributed by atoms with Gasteiger partial charge in [0.05, 0.1) is 36.2 Å². The van der Waals surface area contributed by atoms with Gasteiger partial charge < -0.3 is 4.74 Å². The van der Waals surface area contributed by atoms with Gasteiger partial charge in [-0.25, -0.2) is 8.42 Å². The minimum atomic E-state index is -3.45. The molecule has 1 aromatic rings. The predicted molar refractivity (Wildman–Crippen MR) is 69.9 cm³/mol. The Kier molecular flexibility index (Phi) is 5.07. The number of carbonyl (C=O) groups is 1. The van der Waals surface area contributed by atoms with Gasteiger partial charge in [0.2, 0.25) is 0 Å². The predicted octanol–water partition coefficient (Wildman–Crippen LogP) is 1.42. The molecule has 1 aromatic carbocycles. The van der Waals surface area contributed by atoms with Crippen molar-refractivity contribution >= 4 is 15.8 Å². The van der Waals surface area contributed by atoms with Crippen LogP contribution >= 0.6 is 0 Å². The standard InChI is InChI=1S/C13H15NO4S/c1-10(6-13(15)18-2)19(16,17)9-12-5-3-4-11(7-12)8-14/h3-5,7,10H,6,9H2,1-2H3. The summed E-state index contributed by atoms with van der Waals surface area (Å²) in [6.07, 6.45) is -0.170. The van der Waals surface area contributed by atoms with Crippen LogP contribution in [0.2, 0.25) is 0 Å². The molecule has 1 atom stereocenters. The highest BCUT2D eigenvalue weighted by atomic mass is 32.2. The molecular formula is C13H15NO4S. The van der Waals surface area contributed by atoms with E-state index >= 15 is 0 Å². The van der Waals surface area contributed by atoms with Crippen LogP contribution in [0, 0.1) is 11.3 Å². The van der Waals surface area contributed by atoms with Crippen LogP contribution in [0.15, 0.2) is 24.3 Å². The lowest BCUT2D eigenvalue weighted by atomic mass is 10.2. The Bertz CT molecular complexity index is 601. The van der Waals surface area contributed by atoms with E-state index in [1.54, 1.807) is 18.2 Å². The van der Waals surface area contributed by atoms with Crippen LogP contribution in [0.5, 0.6) is 0 Å². The van der Waals surface area contributed by atoms with E-state index in [2.05, 4.69) is 4.74 Å². The zero-order chi connectivity index (χ0) is 14.5. The highest BCUT2D eigenvalue weighted by Crippen LogP contribution is 2.15. The van der Waals surface area contributed by atoms with Gasteiger partial charge in [0.15, 0.2) is 9.84 Å². The summed E-state index contributed by atoms with van der Waals surface area (Å²) >= 11 is 0. The van der Waals surface area contributed by atoms with Crippen molar-refractivity contribution in [3.63, 3.8) is 0 Å². The molecule has 6 heteroatoms. The molecule has 0 saturated carbocycles. The Balaban J connectivity index is 2.84. The Morgan fingerprint density at radius 2 is 2.16 bits per heavy atom. The number of rotatable bonds is 5. The largest absolute Gasteiger partial charge is 0.469 e. The quantitative estimate of drug-likeness (QED) is 0.762. The van der Waals surface area contributed by atoms with E-state index < -0.39 is 21.1 Å². The SMILES string of the molecule is COC(=O)CC(C)S(=O)(=O)Cc1cccc(C#N)c1. The highest BCUT2D eigenvalue weighted by molar-refractivity contribution is 7.91. The Labute approximate surface area is 112 Å².